The summed E-state index contributed by atoms with van der Waals surface area (Å²) in [6, 6.07) is 6.37. The molecule has 6 nitrogen and oxygen atoms in total. The topological polar surface area (TPSA) is 66.9 Å². The highest BCUT2D eigenvalue weighted by atomic mass is 32.2. The minimum absolute atomic E-state index is 0.249. The predicted molar refractivity (Wildman–Crippen MR) is 99.7 cm³/mol. The van der Waals surface area contributed by atoms with E-state index in [1.165, 1.54) is 37.8 Å². The van der Waals surface area contributed by atoms with Gasteiger partial charge in [0.1, 0.15) is 16.7 Å². The first-order valence-electron chi connectivity index (χ1n) is 9.23. The average Bonchev–Trinajstić information content (AvgIpc) is 3.35. The van der Waals surface area contributed by atoms with Gasteiger partial charge in [-0.1, -0.05) is 0 Å². The lowest BCUT2D eigenvalue weighted by Crippen LogP contribution is -2.53. The summed E-state index contributed by atoms with van der Waals surface area (Å²) in [6.07, 6.45) is 5.63. The van der Waals surface area contributed by atoms with E-state index in [9.17, 15) is 12.6 Å². The van der Waals surface area contributed by atoms with E-state index in [1.807, 2.05) is 4.31 Å². The minimum Gasteiger partial charge on any atom is -0.358 e. The van der Waals surface area contributed by atoms with Gasteiger partial charge in [-0.25, -0.2) is 12.6 Å². The Morgan fingerprint density at radius 3 is 2.38 bits per heavy atom. The van der Waals surface area contributed by atoms with Crippen LogP contribution in [0.15, 0.2) is 34.1 Å². The molecule has 0 bridgehead atoms. The molecule has 1 aliphatic carbocycles. The Labute approximate surface area is 158 Å². The third-order valence-corrected chi connectivity index (χ3v) is 8.34. The van der Waals surface area contributed by atoms with E-state index in [0.29, 0.717) is 18.0 Å². The van der Waals surface area contributed by atoms with E-state index >= 15 is 0 Å². The molecule has 1 aromatic rings. The highest BCUT2D eigenvalue weighted by molar-refractivity contribution is 7.90. The van der Waals surface area contributed by atoms with Crippen molar-refractivity contribution in [3.63, 3.8) is 0 Å². The van der Waals surface area contributed by atoms with Crippen LogP contribution in [0.25, 0.3) is 0 Å². The minimum atomic E-state index is -3.25. The van der Waals surface area contributed by atoms with Crippen molar-refractivity contribution in [3.8, 4) is 0 Å². The first-order chi connectivity index (χ1) is 12.4. The standard InChI is InChI=1S/C18H26N2O4S2/c1-26(22,23)17-6-4-16(5-7-17)25(21)20-12-13-24-18(20)8-10-19(11-9-18)14-15-2-3-15/h4-7,15H,2-3,8-14H2,1H3. The zero-order chi connectivity index (χ0) is 18.4. The van der Waals surface area contributed by atoms with Gasteiger partial charge in [0.05, 0.1) is 16.4 Å². The first kappa shape index (κ1) is 18.6. The van der Waals surface area contributed by atoms with Crippen molar-refractivity contribution in [2.75, 3.05) is 39.0 Å². The van der Waals surface area contributed by atoms with Gasteiger partial charge < -0.3 is 9.64 Å². The lowest BCUT2D eigenvalue weighted by atomic mass is 10.0. The van der Waals surface area contributed by atoms with E-state index in [4.69, 9.17) is 4.74 Å². The molecule has 2 aliphatic heterocycles. The first-order valence-corrected chi connectivity index (χ1v) is 12.2. The number of sulfone groups is 1. The van der Waals surface area contributed by atoms with Gasteiger partial charge in [-0.15, -0.1) is 0 Å². The van der Waals surface area contributed by atoms with Crippen LogP contribution in [-0.4, -0.2) is 66.6 Å². The zero-order valence-corrected chi connectivity index (χ0v) is 16.7. The molecule has 1 saturated carbocycles. The van der Waals surface area contributed by atoms with Crippen LogP contribution in [0.1, 0.15) is 25.7 Å². The molecule has 2 saturated heterocycles. The summed E-state index contributed by atoms with van der Waals surface area (Å²) in [5, 5.41) is 0. The summed E-state index contributed by atoms with van der Waals surface area (Å²) in [5.74, 6) is 0.882. The number of rotatable bonds is 5. The number of nitrogens with zero attached hydrogens (tertiary/aromatic N) is 2. The van der Waals surface area contributed by atoms with Gasteiger partial charge in [0.15, 0.2) is 9.84 Å². The van der Waals surface area contributed by atoms with Gasteiger partial charge in [0, 0.05) is 45.3 Å². The number of ether oxygens (including phenoxy) is 1. The van der Waals surface area contributed by atoms with Crippen LogP contribution in [0.2, 0.25) is 0 Å². The fourth-order valence-corrected chi connectivity index (χ4v) is 5.93. The van der Waals surface area contributed by atoms with Crippen molar-refractivity contribution in [2.45, 2.75) is 41.2 Å². The molecule has 3 fully saturated rings. The van der Waals surface area contributed by atoms with E-state index < -0.39 is 26.5 Å². The van der Waals surface area contributed by atoms with Crippen molar-refractivity contribution in [1.82, 2.24) is 9.21 Å². The Morgan fingerprint density at radius 2 is 1.81 bits per heavy atom. The van der Waals surface area contributed by atoms with E-state index in [0.717, 1.165) is 31.8 Å². The molecule has 1 aromatic carbocycles. The summed E-state index contributed by atoms with van der Waals surface area (Å²) in [6.45, 7) is 4.39. The van der Waals surface area contributed by atoms with E-state index in [2.05, 4.69) is 4.90 Å². The molecule has 2 heterocycles. The molecule has 144 valence electrons. The molecule has 0 radical (unpaired) electrons. The lowest BCUT2D eigenvalue weighted by molar-refractivity contribution is -0.0896. The maximum atomic E-state index is 13.1. The van der Waals surface area contributed by atoms with Crippen LogP contribution >= 0.6 is 0 Å². The Kier molecular flexibility index (Phi) is 4.98. The molecule has 1 spiro atoms. The number of piperidine rings is 1. The molecular formula is C18H26N2O4S2. The van der Waals surface area contributed by atoms with E-state index in [1.54, 1.807) is 12.1 Å². The van der Waals surface area contributed by atoms with Gasteiger partial charge in [-0.05, 0) is 43.0 Å². The Morgan fingerprint density at radius 1 is 1.15 bits per heavy atom. The van der Waals surface area contributed by atoms with Crippen molar-refractivity contribution in [2.24, 2.45) is 5.92 Å². The largest absolute Gasteiger partial charge is 0.358 e. The van der Waals surface area contributed by atoms with Crippen molar-refractivity contribution in [1.29, 1.82) is 0 Å². The summed E-state index contributed by atoms with van der Waals surface area (Å²) in [7, 11) is -4.59. The SMILES string of the molecule is CS(=O)(=O)c1ccc(S(=O)N2CCOC23CCN(CC2CC2)CC3)cc1. The second-order valence-electron chi connectivity index (χ2n) is 7.63. The van der Waals surface area contributed by atoms with Crippen LogP contribution in [0.4, 0.5) is 0 Å². The van der Waals surface area contributed by atoms with Crippen LogP contribution in [0.5, 0.6) is 0 Å². The third-order valence-electron chi connectivity index (χ3n) is 5.62. The highest BCUT2D eigenvalue weighted by Crippen LogP contribution is 2.38. The molecule has 0 aromatic heterocycles. The van der Waals surface area contributed by atoms with Crippen LogP contribution in [-0.2, 0) is 25.6 Å². The van der Waals surface area contributed by atoms with Crippen LogP contribution in [0, 0.1) is 5.92 Å². The fraction of sp³-hybridized carbons (Fsp3) is 0.667. The predicted octanol–water partition coefficient (Wildman–Crippen LogP) is 1.65. The molecule has 0 amide bonds. The molecule has 26 heavy (non-hydrogen) atoms. The Balaban J connectivity index is 1.46. The zero-order valence-electron chi connectivity index (χ0n) is 15.1. The maximum Gasteiger partial charge on any atom is 0.175 e. The van der Waals surface area contributed by atoms with E-state index in [-0.39, 0.29) is 4.90 Å². The smallest absolute Gasteiger partial charge is 0.175 e. The highest BCUT2D eigenvalue weighted by Gasteiger charge is 2.47. The van der Waals surface area contributed by atoms with Crippen molar-refractivity contribution < 1.29 is 17.4 Å². The summed E-state index contributed by atoms with van der Waals surface area (Å²) in [4.78, 5) is 3.38. The number of likely N-dealkylation sites (tertiary alicyclic amines) is 1. The maximum absolute atomic E-state index is 13.1. The van der Waals surface area contributed by atoms with Gasteiger partial charge in [-0.3, -0.25) is 0 Å². The molecule has 3 aliphatic rings. The second-order valence-corrected chi connectivity index (χ2v) is 11.1. The molecular weight excluding hydrogens is 372 g/mol. The normalized spacial score (nSPS) is 25.6. The number of hydrogen-bond donors (Lipinski definition) is 0. The van der Waals surface area contributed by atoms with Gasteiger partial charge >= 0.3 is 0 Å². The van der Waals surface area contributed by atoms with Crippen LogP contribution in [0.3, 0.4) is 0 Å². The Bertz CT molecular complexity index is 782. The summed E-state index contributed by atoms with van der Waals surface area (Å²) >= 11 is 0. The molecule has 4 rings (SSSR count). The third kappa shape index (κ3) is 3.75. The lowest BCUT2D eigenvalue weighted by Gasteiger charge is -2.42. The van der Waals surface area contributed by atoms with Crippen molar-refractivity contribution in [3.05, 3.63) is 24.3 Å². The molecule has 0 N–H and O–H groups in total. The molecule has 1 unspecified atom stereocenters. The van der Waals surface area contributed by atoms with Gasteiger partial charge in [0.2, 0.25) is 0 Å². The van der Waals surface area contributed by atoms with Gasteiger partial charge in [-0.2, -0.15) is 4.31 Å². The second kappa shape index (κ2) is 6.98. The molecule has 8 heteroatoms. The average molecular weight is 399 g/mol. The fourth-order valence-electron chi connectivity index (χ4n) is 3.90. The van der Waals surface area contributed by atoms with Crippen molar-refractivity contribution >= 4 is 20.8 Å². The van der Waals surface area contributed by atoms with Gasteiger partial charge in [0.25, 0.3) is 0 Å². The number of hydrogen-bond acceptors (Lipinski definition) is 5. The summed E-state index contributed by atoms with van der Waals surface area (Å²) < 4.78 is 44.4. The molecule has 1 atom stereocenters. The van der Waals surface area contributed by atoms with Crippen LogP contribution < -0.4 is 0 Å². The monoisotopic (exact) mass is 398 g/mol. The quantitative estimate of drug-likeness (QED) is 0.754. The number of benzene rings is 1. The summed E-state index contributed by atoms with van der Waals surface area (Å²) in [5.41, 5.74) is -0.444. The Hall–Kier alpha value is -0.800.